The quantitative estimate of drug-likeness (QED) is 0.846. The lowest BCUT2D eigenvalue weighted by Crippen LogP contribution is -2.50. The minimum atomic E-state index is -1.02. The summed E-state index contributed by atoms with van der Waals surface area (Å²) >= 11 is 0. The van der Waals surface area contributed by atoms with Crippen molar-refractivity contribution >= 4 is 5.91 Å². The highest BCUT2D eigenvalue weighted by molar-refractivity contribution is 5.79. The van der Waals surface area contributed by atoms with Crippen LogP contribution in [0.3, 0.4) is 0 Å². The lowest BCUT2D eigenvalue weighted by Gasteiger charge is -2.33. The van der Waals surface area contributed by atoms with E-state index in [2.05, 4.69) is 9.88 Å². The largest absolute Gasteiger partial charge is 0.497 e. The molecule has 2 heterocycles. The van der Waals surface area contributed by atoms with Crippen LogP contribution in [-0.4, -0.2) is 76.3 Å². The first-order valence-corrected chi connectivity index (χ1v) is 9.18. The molecule has 1 aliphatic rings. The number of carbonyl (C=O) groups is 1. The Morgan fingerprint density at radius 3 is 2.63 bits per heavy atom. The molecule has 1 aromatic heterocycles. The van der Waals surface area contributed by atoms with E-state index in [-0.39, 0.29) is 5.91 Å². The second-order valence-electron chi connectivity index (χ2n) is 7.40. The van der Waals surface area contributed by atoms with Gasteiger partial charge >= 0.3 is 0 Å². The highest BCUT2D eigenvalue weighted by Crippen LogP contribution is 2.19. The Kier molecular flexibility index (Phi) is 5.82. The van der Waals surface area contributed by atoms with E-state index in [9.17, 15) is 9.90 Å². The molecular formula is C20H28N4O3. The number of carbonyl (C=O) groups excluding carboxylic acids is 1. The monoisotopic (exact) mass is 372 g/mol. The Labute approximate surface area is 160 Å². The number of ether oxygens (including phenoxy) is 1. The van der Waals surface area contributed by atoms with Crippen LogP contribution >= 0.6 is 0 Å². The number of imidazole rings is 1. The maximum atomic E-state index is 12.9. The van der Waals surface area contributed by atoms with E-state index in [0.717, 1.165) is 23.7 Å². The fourth-order valence-electron chi connectivity index (χ4n) is 3.59. The SMILES string of the molecule is COc1ccc(CC(=O)N2CCN(C)C[C@@](O)(Cn3ccnc3C)C2)cc1. The van der Waals surface area contributed by atoms with E-state index in [0.29, 0.717) is 32.6 Å². The number of hydrogen-bond acceptors (Lipinski definition) is 5. The number of amides is 1. The van der Waals surface area contributed by atoms with Gasteiger partial charge in [-0.3, -0.25) is 4.79 Å². The summed E-state index contributed by atoms with van der Waals surface area (Å²) in [5, 5.41) is 11.3. The van der Waals surface area contributed by atoms with Gasteiger partial charge in [-0.15, -0.1) is 0 Å². The summed E-state index contributed by atoms with van der Waals surface area (Å²) in [4.78, 5) is 21.0. The molecule has 1 aromatic carbocycles. The van der Waals surface area contributed by atoms with Gasteiger partial charge in [-0.05, 0) is 31.7 Å². The van der Waals surface area contributed by atoms with Crippen molar-refractivity contribution in [1.82, 2.24) is 19.4 Å². The number of nitrogens with zero attached hydrogens (tertiary/aromatic N) is 4. The van der Waals surface area contributed by atoms with Crippen LogP contribution in [0.15, 0.2) is 36.7 Å². The smallest absolute Gasteiger partial charge is 0.227 e. The Balaban J connectivity index is 1.71. The number of aryl methyl sites for hydroxylation is 1. The summed E-state index contributed by atoms with van der Waals surface area (Å²) in [6.45, 7) is 4.49. The molecule has 1 saturated heterocycles. The number of benzene rings is 1. The van der Waals surface area contributed by atoms with Gasteiger partial charge in [0.25, 0.3) is 0 Å². The molecule has 2 aromatic rings. The van der Waals surface area contributed by atoms with Crippen molar-refractivity contribution in [2.45, 2.75) is 25.5 Å². The van der Waals surface area contributed by atoms with Crippen molar-refractivity contribution in [3.63, 3.8) is 0 Å². The first-order valence-electron chi connectivity index (χ1n) is 9.18. The van der Waals surface area contributed by atoms with E-state index in [4.69, 9.17) is 4.74 Å². The topological polar surface area (TPSA) is 70.8 Å². The van der Waals surface area contributed by atoms with Crippen LogP contribution in [0.4, 0.5) is 0 Å². The van der Waals surface area contributed by atoms with Gasteiger partial charge in [-0.1, -0.05) is 12.1 Å². The summed E-state index contributed by atoms with van der Waals surface area (Å²) in [6, 6.07) is 7.53. The maximum Gasteiger partial charge on any atom is 0.227 e. The summed E-state index contributed by atoms with van der Waals surface area (Å²) in [5.41, 5.74) is -0.0841. The predicted octanol–water partition coefficient (Wildman–Crippen LogP) is 0.948. The molecular weight excluding hydrogens is 344 g/mol. The van der Waals surface area contributed by atoms with Crippen LogP contribution in [0, 0.1) is 6.92 Å². The molecule has 0 spiro atoms. The summed E-state index contributed by atoms with van der Waals surface area (Å²) in [6.07, 6.45) is 3.90. The Hall–Kier alpha value is -2.38. The Bertz CT molecular complexity index is 774. The maximum absolute atomic E-state index is 12.9. The molecule has 3 rings (SSSR count). The van der Waals surface area contributed by atoms with Crippen LogP contribution in [0.2, 0.25) is 0 Å². The summed E-state index contributed by atoms with van der Waals surface area (Å²) in [7, 11) is 3.60. The third-order valence-electron chi connectivity index (χ3n) is 5.06. The minimum absolute atomic E-state index is 0.0243. The molecule has 7 heteroatoms. The standard InChI is InChI=1S/C20H28N4O3/c1-16-21-8-9-23(16)14-20(26)13-22(2)10-11-24(15-20)19(25)12-17-4-6-18(27-3)7-5-17/h4-9,26H,10-15H2,1-3H3/t20-/m1/s1. The fraction of sp³-hybridized carbons (Fsp3) is 0.500. The van der Waals surface area contributed by atoms with Crippen molar-refractivity contribution in [2.24, 2.45) is 0 Å². The average molecular weight is 372 g/mol. The van der Waals surface area contributed by atoms with Crippen molar-refractivity contribution in [1.29, 1.82) is 0 Å². The van der Waals surface area contributed by atoms with Gasteiger partial charge in [0.1, 0.15) is 17.2 Å². The van der Waals surface area contributed by atoms with Gasteiger partial charge in [0, 0.05) is 32.0 Å². The molecule has 27 heavy (non-hydrogen) atoms. The highest BCUT2D eigenvalue weighted by atomic mass is 16.5. The summed E-state index contributed by atoms with van der Waals surface area (Å²) < 4.78 is 7.10. The first kappa shape index (κ1) is 19.4. The number of aromatic nitrogens is 2. The molecule has 1 atom stereocenters. The Morgan fingerprint density at radius 1 is 1.26 bits per heavy atom. The third kappa shape index (κ3) is 4.87. The zero-order valence-electron chi connectivity index (χ0n) is 16.3. The number of hydrogen-bond donors (Lipinski definition) is 1. The van der Waals surface area contributed by atoms with Gasteiger partial charge in [-0.2, -0.15) is 0 Å². The van der Waals surface area contributed by atoms with Crippen LogP contribution < -0.4 is 4.74 Å². The van der Waals surface area contributed by atoms with Gasteiger partial charge in [-0.25, -0.2) is 4.98 Å². The second-order valence-corrected chi connectivity index (χ2v) is 7.40. The lowest BCUT2D eigenvalue weighted by atomic mass is 10.0. The highest BCUT2D eigenvalue weighted by Gasteiger charge is 2.36. The lowest BCUT2D eigenvalue weighted by molar-refractivity contribution is -0.133. The minimum Gasteiger partial charge on any atom is -0.497 e. The molecule has 1 fully saturated rings. The van der Waals surface area contributed by atoms with Crippen molar-refractivity contribution in [2.75, 3.05) is 40.3 Å². The number of aliphatic hydroxyl groups is 1. The molecule has 1 N–H and O–H groups in total. The van der Waals surface area contributed by atoms with E-state index >= 15 is 0 Å². The van der Waals surface area contributed by atoms with E-state index in [1.54, 1.807) is 18.2 Å². The van der Waals surface area contributed by atoms with Crippen LogP contribution in [0.25, 0.3) is 0 Å². The average Bonchev–Trinajstić information content (AvgIpc) is 2.95. The predicted molar refractivity (Wildman–Crippen MR) is 103 cm³/mol. The zero-order valence-corrected chi connectivity index (χ0v) is 16.3. The van der Waals surface area contributed by atoms with E-state index in [1.165, 1.54) is 0 Å². The van der Waals surface area contributed by atoms with Gasteiger partial charge in [0.2, 0.25) is 5.91 Å². The molecule has 0 radical (unpaired) electrons. The van der Waals surface area contributed by atoms with Gasteiger partial charge in [0.05, 0.1) is 26.6 Å². The molecule has 7 nitrogen and oxygen atoms in total. The zero-order chi connectivity index (χ0) is 19.4. The molecule has 0 saturated carbocycles. The van der Waals surface area contributed by atoms with Crippen molar-refractivity contribution in [3.05, 3.63) is 48.0 Å². The van der Waals surface area contributed by atoms with Gasteiger partial charge in [0.15, 0.2) is 0 Å². The number of likely N-dealkylation sites (N-methyl/N-ethyl adjacent to an activating group) is 1. The number of rotatable bonds is 5. The van der Waals surface area contributed by atoms with E-state index < -0.39 is 5.60 Å². The molecule has 146 valence electrons. The molecule has 0 unspecified atom stereocenters. The van der Waals surface area contributed by atoms with E-state index in [1.807, 2.05) is 49.0 Å². The van der Waals surface area contributed by atoms with Crippen LogP contribution in [0.5, 0.6) is 5.75 Å². The normalized spacial score (nSPS) is 21.1. The van der Waals surface area contributed by atoms with Crippen molar-refractivity contribution < 1.29 is 14.6 Å². The van der Waals surface area contributed by atoms with Gasteiger partial charge < -0.3 is 24.2 Å². The first-order chi connectivity index (χ1) is 12.9. The molecule has 0 aliphatic carbocycles. The molecule has 1 amide bonds. The number of methoxy groups -OCH3 is 1. The second kappa shape index (κ2) is 8.10. The van der Waals surface area contributed by atoms with Crippen molar-refractivity contribution in [3.8, 4) is 5.75 Å². The molecule has 1 aliphatic heterocycles. The van der Waals surface area contributed by atoms with Crippen LogP contribution in [0.1, 0.15) is 11.4 Å². The molecule has 0 bridgehead atoms. The fourth-order valence-corrected chi connectivity index (χ4v) is 3.59. The number of β-amino-alcohol motifs (C(OH)–C–C–N with tert-alkyl or cyclic N) is 1. The summed E-state index contributed by atoms with van der Waals surface area (Å²) in [5.74, 6) is 1.65. The van der Waals surface area contributed by atoms with Crippen LogP contribution in [-0.2, 0) is 17.8 Å². The third-order valence-corrected chi connectivity index (χ3v) is 5.06. The Morgan fingerprint density at radius 2 is 2.00 bits per heavy atom.